The van der Waals surface area contributed by atoms with E-state index in [0.29, 0.717) is 6.42 Å². The quantitative estimate of drug-likeness (QED) is 0.0488. The third-order valence-corrected chi connectivity index (χ3v) is 11.9. The van der Waals surface area contributed by atoms with Crippen molar-refractivity contribution in [3.05, 3.63) is 16.7 Å². The zero-order valence-electron chi connectivity index (χ0n) is 37.7. The van der Waals surface area contributed by atoms with E-state index in [1.807, 2.05) is 6.92 Å². The zero-order valence-corrected chi connectivity index (χ0v) is 37.7. The molecule has 5 rings (SSSR count). The van der Waals surface area contributed by atoms with Gasteiger partial charge in [-0.05, 0) is 32.6 Å². The lowest BCUT2D eigenvalue weighted by molar-refractivity contribution is -0.279. The van der Waals surface area contributed by atoms with Crippen LogP contribution in [0.1, 0.15) is 71.9 Å². The summed E-state index contributed by atoms with van der Waals surface area (Å²) in [6, 6.07) is -2.64. The number of aromatic nitrogens is 4. The van der Waals surface area contributed by atoms with E-state index in [9.17, 15) is 69.6 Å². The first-order valence-electron chi connectivity index (χ1n) is 22.4. The van der Waals surface area contributed by atoms with Crippen molar-refractivity contribution < 1.29 is 83.8 Å². The number of hydrogen-bond acceptors (Lipinski definition) is 21. The molecule has 0 spiro atoms. The maximum Gasteiger partial charge on any atom is 0.280 e. The molecule has 16 atom stereocenters. The number of unbranched alkanes of at least 4 members (excludes halogenated alkanes) is 3. The molecular formula is C40H64N10O18. The number of nitrogens with zero attached hydrogens (tertiary/aromatic N) is 3. The molecule has 0 saturated carbocycles. The third-order valence-electron chi connectivity index (χ3n) is 11.9. The lowest BCUT2D eigenvalue weighted by atomic mass is 9.95. The van der Waals surface area contributed by atoms with Gasteiger partial charge in [0.2, 0.25) is 29.6 Å². The van der Waals surface area contributed by atoms with Crippen molar-refractivity contribution in [3.63, 3.8) is 0 Å². The zero-order chi connectivity index (χ0) is 50.0. The van der Waals surface area contributed by atoms with Crippen LogP contribution in [0.5, 0.6) is 0 Å². The van der Waals surface area contributed by atoms with Crippen LogP contribution in [0.15, 0.2) is 11.1 Å². The van der Waals surface area contributed by atoms with E-state index in [4.69, 9.17) is 24.7 Å². The van der Waals surface area contributed by atoms with Crippen LogP contribution in [0.3, 0.4) is 0 Å². The average molecular weight is 973 g/mol. The highest BCUT2D eigenvalue weighted by Crippen LogP contribution is 2.31. The van der Waals surface area contributed by atoms with Gasteiger partial charge in [0, 0.05) is 20.0 Å². The first-order valence-corrected chi connectivity index (χ1v) is 22.4. The minimum Gasteiger partial charge on any atom is -0.394 e. The Morgan fingerprint density at radius 1 is 0.853 bits per heavy atom. The standard InChI is InChI=1S/C40H64N10O18/c1-4-5-6-10-19(67-39-23(46-17(3)52)28(57)27(56)21(14-51)68-39)35(62)44-13-22(53)42-11-8-7-9-18(47-37(64)32-30(59)29(58)25(54)16(2)65-32)34(61)43-12-20-26(55)31(60)38(66-20)50-15-45-24-33(50)48-40(41)49-36(24)63/h15-16,18-21,23,25-32,38-39,51,54-60H,4-14H2,1-3H3,(H,42,53)(H,43,61)(H,44,62)(H,46,52)(H,47,64)(H3,41,48,49,63)/t16-,18-,19?,20+,21+,23+,25+,26+,27+,28+,29+,30-,31+,32-,38+,39+/m0/s1. The number of rotatable bonds is 22. The number of aliphatic hydroxyl groups is 8. The van der Waals surface area contributed by atoms with Gasteiger partial charge in [-0.1, -0.05) is 26.2 Å². The number of H-pyrrole nitrogens is 1. The molecule has 3 aliphatic rings. The van der Waals surface area contributed by atoms with Crippen molar-refractivity contribution >= 4 is 46.6 Å². The number of aliphatic hydroxyl groups excluding tert-OH is 8. The Morgan fingerprint density at radius 3 is 2.25 bits per heavy atom. The van der Waals surface area contributed by atoms with E-state index in [0.717, 1.165) is 19.2 Å². The summed E-state index contributed by atoms with van der Waals surface area (Å²) in [4.78, 5) is 87.7. The molecule has 2 aromatic rings. The Kier molecular flexibility index (Phi) is 19.5. The number of carbonyl (C=O) groups is 5. The second-order valence-corrected chi connectivity index (χ2v) is 17.0. The maximum absolute atomic E-state index is 13.7. The fourth-order valence-electron chi connectivity index (χ4n) is 8.01. The van der Waals surface area contributed by atoms with Crippen LogP contribution in [0, 0.1) is 0 Å². The number of aromatic amines is 1. The van der Waals surface area contributed by atoms with E-state index in [1.165, 1.54) is 18.4 Å². The van der Waals surface area contributed by atoms with Crippen molar-refractivity contribution in [2.24, 2.45) is 0 Å². The predicted octanol–water partition coefficient (Wildman–Crippen LogP) is -6.90. The Labute approximate surface area is 388 Å². The second-order valence-electron chi connectivity index (χ2n) is 17.0. The molecule has 0 radical (unpaired) electrons. The highest BCUT2D eigenvalue weighted by Gasteiger charge is 2.48. The highest BCUT2D eigenvalue weighted by atomic mass is 16.7. The van der Waals surface area contributed by atoms with Gasteiger partial charge in [-0.15, -0.1) is 0 Å². The number of nitrogens with one attached hydrogen (secondary N) is 6. The lowest BCUT2D eigenvalue weighted by Gasteiger charge is -2.43. The van der Waals surface area contributed by atoms with Gasteiger partial charge < -0.3 is 92.1 Å². The molecule has 0 aromatic carbocycles. The number of fused-ring (bicyclic) bond motifs is 1. The molecule has 5 heterocycles. The molecule has 0 bridgehead atoms. The number of ether oxygens (including phenoxy) is 4. The van der Waals surface area contributed by atoms with E-state index in [-0.39, 0.29) is 49.3 Å². The molecule has 28 heteroatoms. The number of hydrogen-bond donors (Lipinski definition) is 15. The number of amides is 5. The highest BCUT2D eigenvalue weighted by molar-refractivity contribution is 5.90. The van der Waals surface area contributed by atoms with Crippen molar-refractivity contribution in [2.45, 2.75) is 164 Å². The smallest absolute Gasteiger partial charge is 0.280 e. The van der Waals surface area contributed by atoms with E-state index in [1.54, 1.807) is 0 Å². The van der Waals surface area contributed by atoms with E-state index in [2.05, 4.69) is 41.5 Å². The molecule has 1 unspecified atom stereocenters. The predicted molar refractivity (Wildman–Crippen MR) is 230 cm³/mol. The summed E-state index contributed by atoms with van der Waals surface area (Å²) in [5.41, 5.74) is 4.86. The number of anilines is 1. The van der Waals surface area contributed by atoms with Crippen LogP contribution in [0.25, 0.3) is 11.2 Å². The summed E-state index contributed by atoms with van der Waals surface area (Å²) in [5.74, 6) is -3.96. The summed E-state index contributed by atoms with van der Waals surface area (Å²) in [6.07, 6.45) is -17.0. The minimum atomic E-state index is -1.86. The Bertz CT molecular complexity index is 2100. The van der Waals surface area contributed by atoms with Gasteiger partial charge in [0.25, 0.3) is 11.5 Å². The normalized spacial score (nSPS) is 31.4. The van der Waals surface area contributed by atoms with Gasteiger partial charge in [-0.3, -0.25) is 38.3 Å². The average Bonchev–Trinajstić information content (AvgIpc) is 3.85. The Morgan fingerprint density at radius 2 is 1.56 bits per heavy atom. The first-order chi connectivity index (χ1) is 32.3. The van der Waals surface area contributed by atoms with Gasteiger partial charge in [-0.25, -0.2) is 4.98 Å². The van der Waals surface area contributed by atoms with Gasteiger partial charge in [0.1, 0.15) is 73.1 Å². The Hall–Kier alpha value is -4.98. The summed E-state index contributed by atoms with van der Waals surface area (Å²) in [5, 5.41) is 96.0. The molecule has 5 amide bonds. The Balaban J connectivity index is 1.16. The van der Waals surface area contributed by atoms with Crippen LogP contribution in [0.2, 0.25) is 0 Å². The number of imidazole rings is 1. The van der Waals surface area contributed by atoms with Gasteiger partial charge in [0.15, 0.2) is 29.8 Å². The molecular weight excluding hydrogens is 908 g/mol. The largest absolute Gasteiger partial charge is 0.394 e. The SMILES string of the molecule is CCCCCC(O[C@@H]1O[C@H](CO)[C@@H](O)[C@H](O)[C@H]1NC(C)=O)C(=O)NCC(=O)NCCCC[C@H](NC(=O)[C@H]1O[C@@H](C)[C@@H](O)[C@@H](O)[C@@H]1O)C(=O)NC[C@H]1O[C@@H](n2cnc3c(=O)[nH]c(N)nc32)[C@H](O)[C@@H]1O. The van der Waals surface area contributed by atoms with Crippen LogP contribution >= 0.6 is 0 Å². The molecule has 16 N–H and O–H groups in total. The van der Waals surface area contributed by atoms with Crippen molar-refractivity contribution in [2.75, 3.05) is 32.0 Å². The summed E-state index contributed by atoms with van der Waals surface area (Å²) < 4.78 is 24.0. The monoisotopic (exact) mass is 972 g/mol. The maximum atomic E-state index is 13.7. The molecule has 3 aliphatic heterocycles. The first kappa shape index (κ1) is 54.0. The molecule has 28 nitrogen and oxygen atoms in total. The number of nitrogens with two attached hydrogens (primary N) is 1. The molecule has 382 valence electrons. The number of nitrogen functional groups attached to an aromatic ring is 1. The van der Waals surface area contributed by atoms with E-state index >= 15 is 0 Å². The summed E-state index contributed by atoms with van der Waals surface area (Å²) in [7, 11) is 0. The molecule has 3 fully saturated rings. The minimum absolute atomic E-state index is 0.0349. The number of carbonyl (C=O) groups excluding carboxylic acids is 5. The fourth-order valence-corrected chi connectivity index (χ4v) is 8.01. The molecule has 68 heavy (non-hydrogen) atoms. The third kappa shape index (κ3) is 13.2. The summed E-state index contributed by atoms with van der Waals surface area (Å²) in [6.45, 7) is 2.92. The van der Waals surface area contributed by atoms with Gasteiger partial charge in [0.05, 0.1) is 25.6 Å². The van der Waals surface area contributed by atoms with Crippen LogP contribution in [-0.4, -0.2) is 208 Å². The van der Waals surface area contributed by atoms with E-state index < -0.39 is 153 Å². The van der Waals surface area contributed by atoms with Crippen LogP contribution in [0.4, 0.5) is 5.95 Å². The lowest BCUT2D eigenvalue weighted by Crippen LogP contribution is -2.65. The molecule has 0 aliphatic carbocycles. The summed E-state index contributed by atoms with van der Waals surface area (Å²) >= 11 is 0. The molecule has 2 aromatic heterocycles. The van der Waals surface area contributed by atoms with Crippen molar-refractivity contribution in [1.29, 1.82) is 0 Å². The van der Waals surface area contributed by atoms with Crippen LogP contribution < -0.4 is 37.9 Å². The van der Waals surface area contributed by atoms with Gasteiger partial charge in [-0.2, -0.15) is 4.98 Å². The van der Waals surface area contributed by atoms with Crippen LogP contribution in [-0.2, 0) is 42.9 Å². The molecule has 3 saturated heterocycles. The van der Waals surface area contributed by atoms with Gasteiger partial charge >= 0.3 is 0 Å². The topological polar surface area (TPSA) is 434 Å². The van der Waals surface area contributed by atoms with Crippen molar-refractivity contribution in [3.8, 4) is 0 Å². The second kappa shape index (κ2) is 24.5. The van der Waals surface area contributed by atoms with Crippen molar-refractivity contribution in [1.82, 2.24) is 46.1 Å². The fraction of sp³-hybridized carbons (Fsp3) is 0.750.